The highest BCUT2D eigenvalue weighted by Gasteiger charge is 2.05. The summed E-state index contributed by atoms with van der Waals surface area (Å²) in [5.41, 5.74) is 5.72. The van der Waals surface area contributed by atoms with E-state index in [2.05, 4.69) is 64.7 Å². The van der Waals surface area contributed by atoms with Gasteiger partial charge in [0.15, 0.2) is 0 Å². The number of aromatic nitrogens is 2. The number of nitrogens with zero attached hydrogens (tertiary/aromatic N) is 1. The lowest BCUT2D eigenvalue weighted by Gasteiger charge is -2.12. The molecule has 4 heteroatoms. The van der Waals surface area contributed by atoms with Gasteiger partial charge >= 0.3 is 0 Å². The molecule has 4 nitrogen and oxygen atoms in total. The fraction of sp³-hybridized carbons (Fsp3) is 0.208. The number of nitrogens with one attached hydrogen (secondary N) is 2. The van der Waals surface area contributed by atoms with Gasteiger partial charge in [0.25, 0.3) is 0 Å². The first-order valence-electron chi connectivity index (χ1n) is 9.68. The summed E-state index contributed by atoms with van der Waals surface area (Å²) in [4.78, 5) is 8.00. The molecular weight excluding hydrogens is 346 g/mol. The van der Waals surface area contributed by atoms with E-state index in [1.165, 1.54) is 16.7 Å². The summed E-state index contributed by atoms with van der Waals surface area (Å²) in [7, 11) is 0. The van der Waals surface area contributed by atoms with Crippen molar-refractivity contribution in [1.82, 2.24) is 15.3 Å². The third-order valence-corrected chi connectivity index (χ3v) is 4.74. The zero-order valence-electron chi connectivity index (χ0n) is 16.1. The van der Waals surface area contributed by atoms with E-state index in [4.69, 9.17) is 4.74 Å². The van der Waals surface area contributed by atoms with Crippen molar-refractivity contribution in [1.29, 1.82) is 0 Å². The van der Waals surface area contributed by atoms with Crippen molar-refractivity contribution in [3.05, 3.63) is 95.3 Å². The lowest BCUT2D eigenvalue weighted by molar-refractivity contribution is 0.302. The van der Waals surface area contributed by atoms with E-state index < -0.39 is 0 Å². The van der Waals surface area contributed by atoms with Crippen LogP contribution in [0.4, 0.5) is 0 Å². The molecule has 0 bridgehead atoms. The van der Waals surface area contributed by atoms with Crippen LogP contribution in [0.25, 0.3) is 11.0 Å². The molecule has 0 saturated heterocycles. The SMILES string of the molecule is Cc1cccc(COc2ccccc2CNCCc2nc3ccccc3[nH]2)c1. The van der Waals surface area contributed by atoms with Gasteiger partial charge in [-0.2, -0.15) is 0 Å². The van der Waals surface area contributed by atoms with Gasteiger partial charge in [-0.25, -0.2) is 4.98 Å². The average molecular weight is 371 g/mol. The minimum atomic E-state index is 0.581. The van der Waals surface area contributed by atoms with Crippen LogP contribution in [0, 0.1) is 6.92 Å². The van der Waals surface area contributed by atoms with Crippen LogP contribution in [-0.4, -0.2) is 16.5 Å². The molecule has 0 aliphatic heterocycles. The van der Waals surface area contributed by atoms with Crippen molar-refractivity contribution in [2.75, 3.05) is 6.54 Å². The molecule has 1 heterocycles. The summed E-state index contributed by atoms with van der Waals surface area (Å²) in [5, 5.41) is 3.50. The van der Waals surface area contributed by atoms with Crippen molar-refractivity contribution in [3.8, 4) is 5.75 Å². The first-order valence-corrected chi connectivity index (χ1v) is 9.68. The van der Waals surface area contributed by atoms with Gasteiger partial charge in [0, 0.05) is 25.1 Å². The predicted octanol–water partition coefficient (Wildman–Crippen LogP) is 4.78. The molecule has 142 valence electrons. The molecule has 0 fully saturated rings. The van der Waals surface area contributed by atoms with Crippen LogP contribution in [0.1, 0.15) is 22.5 Å². The lowest BCUT2D eigenvalue weighted by Crippen LogP contribution is -2.17. The Balaban J connectivity index is 1.31. The Labute approximate surface area is 165 Å². The van der Waals surface area contributed by atoms with Crippen LogP contribution in [-0.2, 0) is 19.6 Å². The largest absolute Gasteiger partial charge is 0.489 e. The summed E-state index contributed by atoms with van der Waals surface area (Å²) >= 11 is 0. The van der Waals surface area contributed by atoms with E-state index in [1.807, 2.05) is 30.3 Å². The summed E-state index contributed by atoms with van der Waals surface area (Å²) in [6.07, 6.45) is 0.862. The van der Waals surface area contributed by atoms with Crippen molar-refractivity contribution in [2.24, 2.45) is 0 Å². The molecule has 0 aliphatic rings. The Kier molecular flexibility index (Phi) is 5.69. The van der Waals surface area contributed by atoms with Crippen molar-refractivity contribution < 1.29 is 4.74 Å². The van der Waals surface area contributed by atoms with Crippen molar-refractivity contribution in [3.63, 3.8) is 0 Å². The summed E-state index contributed by atoms with van der Waals surface area (Å²) in [5.74, 6) is 1.94. The summed E-state index contributed by atoms with van der Waals surface area (Å²) in [6, 6.07) is 24.8. The number of imidazole rings is 1. The molecule has 28 heavy (non-hydrogen) atoms. The van der Waals surface area contributed by atoms with Gasteiger partial charge in [-0.1, -0.05) is 60.2 Å². The van der Waals surface area contributed by atoms with Gasteiger partial charge in [0.1, 0.15) is 18.2 Å². The van der Waals surface area contributed by atoms with E-state index in [0.717, 1.165) is 42.1 Å². The number of rotatable bonds is 8. The van der Waals surface area contributed by atoms with Gasteiger partial charge in [0.2, 0.25) is 0 Å². The van der Waals surface area contributed by atoms with Gasteiger partial charge in [0.05, 0.1) is 11.0 Å². The third kappa shape index (κ3) is 4.59. The summed E-state index contributed by atoms with van der Waals surface area (Å²) in [6.45, 7) is 4.30. The predicted molar refractivity (Wildman–Crippen MR) is 113 cm³/mol. The smallest absolute Gasteiger partial charge is 0.124 e. The zero-order chi connectivity index (χ0) is 19.2. The maximum Gasteiger partial charge on any atom is 0.124 e. The maximum absolute atomic E-state index is 6.07. The molecule has 0 aliphatic carbocycles. The molecule has 0 spiro atoms. The molecule has 2 N–H and O–H groups in total. The molecule has 1 aromatic heterocycles. The van der Waals surface area contributed by atoms with Crippen LogP contribution < -0.4 is 10.1 Å². The van der Waals surface area contributed by atoms with Crippen LogP contribution in [0.2, 0.25) is 0 Å². The van der Waals surface area contributed by atoms with E-state index >= 15 is 0 Å². The lowest BCUT2D eigenvalue weighted by atomic mass is 10.1. The number of hydrogen-bond donors (Lipinski definition) is 2. The van der Waals surface area contributed by atoms with Gasteiger partial charge < -0.3 is 15.0 Å². The standard InChI is InChI=1S/C24H25N3O/c1-18-7-6-8-19(15-18)17-28-23-12-5-2-9-20(23)16-25-14-13-24-26-21-10-3-4-11-22(21)27-24/h2-12,15,25H,13-14,16-17H2,1H3,(H,26,27). The Morgan fingerprint density at radius 3 is 2.71 bits per heavy atom. The molecule has 0 atom stereocenters. The Hall–Kier alpha value is -3.11. The zero-order valence-corrected chi connectivity index (χ0v) is 16.1. The number of fused-ring (bicyclic) bond motifs is 1. The molecule has 0 saturated carbocycles. The fourth-order valence-electron chi connectivity index (χ4n) is 3.31. The maximum atomic E-state index is 6.07. The number of ether oxygens (including phenoxy) is 1. The Morgan fingerprint density at radius 2 is 1.82 bits per heavy atom. The third-order valence-electron chi connectivity index (χ3n) is 4.74. The monoisotopic (exact) mass is 371 g/mol. The number of aryl methyl sites for hydroxylation is 1. The second-order valence-electron chi connectivity index (χ2n) is 7.01. The topological polar surface area (TPSA) is 49.9 Å². The second-order valence-corrected chi connectivity index (χ2v) is 7.01. The molecule has 4 rings (SSSR count). The van der Waals surface area contributed by atoms with Gasteiger partial charge in [-0.15, -0.1) is 0 Å². The van der Waals surface area contributed by atoms with E-state index in [0.29, 0.717) is 6.61 Å². The minimum absolute atomic E-state index is 0.581. The molecule has 0 unspecified atom stereocenters. The number of benzene rings is 3. The molecule has 3 aromatic carbocycles. The minimum Gasteiger partial charge on any atom is -0.489 e. The Morgan fingerprint density at radius 1 is 0.964 bits per heavy atom. The van der Waals surface area contributed by atoms with Crippen LogP contribution >= 0.6 is 0 Å². The highest BCUT2D eigenvalue weighted by atomic mass is 16.5. The molecular formula is C24H25N3O. The fourth-order valence-corrected chi connectivity index (χ4v) is 3.31. The van der Waals surface area contributed by atoms with E-state index in [9.17, 15) is 0 Å². The normalized spacial score (nSPS) is 11.0. The highest BCUT2D eigenvalue weighted by molar-refractivity contribution is 5.74. The van der Waals surface area contributed by atoms with Gasteiger partial charge in [-0.3, -0.25) is 0 Å². The molecule has 0 radical (unpaired) electrons. The van der Waals surface area contributed by atoms with Crippen LogP contribution in [0.5, 0.6) is 5.75 Å². The van der Waals surface area contributed by atoms with E-state index in [-0.39, 0.29) is 0 Å². The van der Waals surface area contributed by atoms with Gasteiger partial charge in [-0.05, 0) is 30.7 Å². The average Bonchev–Trinajstić information content (AvgIpc) is 3.13. The summed E-state index contributed by atoms with van der Waals surface area (Å²) < 4.78 is 6.07. The second kappa shape index (κ2) is 8.72. The van der Waals surface area contributed by atoms with Crippen LogP contribution in [0.3, 0.4) is 0 Å². The van der Waals surface area contributed by atoms with Crippen LogP contribution in [0.15, 0.2) is 72.8 Å². The van der Waals surface area contributed by atoms with Crippen molar-refractivity contribution in [2.45, 2.75) is 26.5 Å². The quantitative estimate of drug-likeness (QED) is 0.438. The first-order chi connectivity index (χ1) is 13.8. The number of para-hydroxylation sites is 3. The number of hydrogen-bond acceptors (Lipinski definition) is 3. The first kappa shape index (κ1) is 18.3. The van der Waals surface area contributed by atoms with E-state index in [1.54, 1.807) is 0 Å². The number of H-pyrrole nitrogens is 1. The molecule has 4 aromatic rings. The Bertz CT molecular complexity index is 1020. The van der Waals surface area contributed by atoms with Crippen molar-refractivity contribution >= 4 is 11.0 Å². The molecule has 0 amide bonds. The number of aromatic amines is 1. The highest BCUT2D eigenvalue weighted by Crippen LogP contribution is 2.19.